The van der Waals surface area contributed by atoms with Crippen molar-refractivity contribution in [1.29, 1.82) is 0 Å². The van der Waals surface area contributed by atoms with E-state index in [4.69, 9.17) is 27.9 Å². The van der Waals surface area contributed by atoms with E-state index >= 15 is 0 Å². The van der Waals surface area contributed by atoms with Gasteiger partial charge in [-0.2, -0.15) is 15.0 Å². The molecule has 0 fully saturated rings. The summed E-state index contributed by atoms with van der Waals surface area (Å²) in [6.45, 7) is 0. The van der Waals surface area contributed by atoms with Gasteiger partial charge in [-0.3, -0.25) is 0 Å². The summed E-state index contributed by atoms with van der Waals surface area (Å²) >= 11 is 11.7. The van der Waals surface area contributed by atoms with Crippen LogP contribution in [0.1, 0.15) is 7.43 Å². The minimum absolute atomic E-state index is 0. The number of ether oxygens (including phenoxy) is 1. The summed E-state index contributed by atoms with van der Waals surface area (Å²) in [6.07, 6.45) is 0. The van der Waals surface area contributed by atoms with Crippen LogP contribution in [0.2, 0.25) is 10.6 Å². The number of azo groups is 2. The first kappa shape index (κ1) is 50.9. The maximum atomic E-state index is 12.3. The molecule has 6 rings (SSSR count). The molecular formula is C31H21Cl2N8Na3O10S3. The Kier molecular flexibility index (Phi) is 18.2. The smallest absolute Gasteiger partial charge is 0.744 e. The number of rotatable bonds is 10. The number of hydrogen-bond acceptors (Lipinski definition) is 18. The molecule has 1 aromatic heterocycles. The average molecular weight is 902 g/mol. The number of fused-ring (bicyclic) bond motifs is 2. The molecule has 0 amide bonds. The fraction of sp³-hybridized carbons (Fsp3) is 0.0645. The van der Waals surface area contributed by atoms with E-state index in [1.54, 1.807) is 0 Å². The minimum Gasteiger partial charge on any atom is -0.744 e. The predicted octanol–water partition coefficient (Wildman–Crippen LogP) is -1.57. The molecule has 0 spiro atoms. The van der Waals surface area contributed by atoms with Crippen molar-refractivity contribution in [2.24, 2.45) is 20.5 Å². The molecule has 6 aromatic rings. The summed E-state index contributed by atoms with van der Waals surface area (Å²) in [5, 5.41) is 18.9. The van der Waals surface area contributed by atoms with Crippen molar-refractivity contribution in [1.82, 2.24) is 15.0 Å². The van der Waals surface area contributed by atoms with Crippen LogP contribution in [0.4, 0.5) is 34.4 Å². The third-order valence-electron chi connectivity index (χ3n) is 7.27. The molecule has 0 aliphatic heterocycles. The van der Waals surface area contributed by atoms with Crippen LogP contribution in [0.15, 0.2) is 114 Å². The van der Waals surface area contributed by atoms with Crippen molar-refractivity contribution in [2.45, 2.75) is 22.1 Å². The Labute approximate surface area is 402 Å². The largest absolute Gasteiger partial charge is 1.00 e. The van der Waals surface area contributed by atoms with Crippen LogP contribution < -0.4 is 98.7 Å². The Bertz CT molecular complexity index is 2880. The molecule has 57 heavy (non-hydrogen) atoms. The van der Waals surface area contributed by atoms with Gasteiger partial charge in [0.1, 0.15) is 41.8 Å². The van der Waals surface area contributed by atoms with Gasteiger partial charge in [-0.15, -0.1) is 20.5 Å². The zero-order valence-corrected chi connectivity index (χ0v) is 39.2. The molecule has 26 heteroatoms. The standard InChI is InChI=1S/C30H20Cl2N8O10S3.CH4.3Na/c1-50-15-5-8-23(26(13-15)53(47,48)49)40-37-20-9-10-22(19-14-16(51(41,42)43)6-7-17(19)20)39-38-21-11-12-24(33-30-35-28(31)34-29(32)36-30)27-18(21)3-2-4-25(27)52(44,45)46;;;;/h2-14H,1H3,(H,41,42,43)(H,44,45,46)(H,47,48,49)(H,33,34,35,36);1H4;;;/q;;3*+1/p-3. The van der Waals surface area contributed by atoms with Crippen LogP contribution >= 0.6 is 23.2 Å². The topological polar surface area (TPSA) is 281 Å². The summed E-state index contributed by atoms with van der Waals surface area (Å²) < 4.78 is 113. The molecule has 0 saturated heterocycles. The Morgan fingerprint density at radius 2 is 1.12 bits per heavy atom. The number of anilines is 2. The maximum Gasteiger partial charge on any atom is 1.00 e. The summed E-state index contributed by atoms with van der Waals surface area (Å²) in [6, 6.07) is 16.1. The molecular weight excluding hydrogens is 880 g/mol. The fourth-order valence-corrected chi connectivity index (χ4v) is 7.21. The van der Waals surface area contributed by atoms with Gasteiger partial charge in [0.15, 0.2) is 0 Å². The summed E-state index contributed by atoms with van der Waals surface area (Å²) in [5.41, 5.74) is -0.194. The van der Waals surface area contributed by atoms with Crippen LogP contribution in [0.25, 0.3) is 21.5 Å². The predicted molar refractivity (Wildman–Crippen MR) is 193 cm³/mol. The van der Waals surface area contributed by atoms with E-state index in [0.29, 0.717) is 0 Å². The second-order valence-corrected chi connectivity index (χ2v) is 15.3. The molecule has 1 heterocycles. The van der Waals surface area contributed by atoms with E-state index in [2.05, 4.69) is 40.7 Å². The third-order valence-corrected chi connectivity index (χ3v) is 10.2. The van der Waals surface area contributed by atoms with Crippen LogP contribution in [-0.4, -0.2) is 61.0 Å². The van der Waals surface area contributed by atoms with Crippen LogP contribution in [0, 0.1) is 0 Å². The van der Waals surface area contributed by atoms with Gasteiger partial charge in [-0.1, -0.05) is 25.6 Å². The zero-order valence-electron chi connectivity index (χ0n) is 29.2. The van der Waals surface area contributed by atoms with Gasteiger partial charge >= 0.3 is 88.7 Å². The van der Waals surface area contributed by atoms with Gasteiger partial charge in [-0.25, -0.2) is 25.3 Å². The van der Waals surface area contributed by atoms with Crippen molar-refractivity contribution >= 4 is 109 Å². The molecule has 0 atom stereocenters. The van der Waals surface area contributed by atoms with Crippen LogP contribution in [-0.2, 0) is 30.4 Å². The number of methoxy groups -OCH3 is 1. The van der Waals surface area contributed by atoms with Crippen molar-refractivity contribution in [3.05, 3.63) is 89.4 Å². The monoisotopic (exact) mass is 900 g/mol. The van der Waals surface area contributed by atoms with E-state index in [9.17, 15) is 38.9 Å². The second-order valence-electron chi connectivity index (χ2n) is 10.5. The van der Waals surface area contributed by atoms with Gasteiger partial charge < -0.3 is 23.7 Å². The molecule has 1 N–H and O–H groups in total. The second kappa shape index (κ2) is 20.3. The zero-order chi connectivity index (χ0) is 38.3. The number of halogens is 2. The van der Waals surface area contributed by atoms with Crippen molar-refractivity contribution in [2.75, 3.05) is 12.4 Å². The molecule has 280 valence electrons. The van der Waals surface area contributed by atoms with E-state index in [0.717, 1.165) is 24.3 Å². The Morgan fingerprint density at radius 3 is 1.68 bits per heavy atom. The minimum atomic E-state index is -5.07. The molecule has 0 unspecified atom stereocenters. The van der Waals surface area contributed by atoms with Crippen LogP contribution in [0.3, 0.4) is 0 Å². The summed E-state index contributed by atoms with van der Waals surface area (Å²) in [5.74, 6) is -0.0958. The van der Waals surface area contributed by atoms with E-state index in [1.807, 2.05) is 0 Å². The van der Waals surface area contributed by atoms with E-state index in [1.165, 1.54) is 61.7 Å². The number of aromatic nitrogens is 3. The Hall–Kier alpha value is -2.26. The van der Waals surface area contributed by atoms with Crippen molar-refractivity contribution in [3.63, 3.8) is 0 Å². The Balaban J connectivity index is 0.00000280. The first-order chi connectivity index (χ1) is 24.9. The fourth-order valence-electron chi connectivity index (χ4n) is 5.01. The first-order valence-electron chi connectivity index (χ1n) is 14.3. The van der Waals surface area contributed by atoms with Gasteiger partial charge in [0.05, 0.1) is 44.5 Å². The van der Waals surface area contributed by atoms with Gasteiger partial charge in [-0.05, 0) is 83.9 Å². The number of benzene rings is 5. The number of nitrogens with one attached hydrogen (secondary N) is 1. The summed E-state index contributed by atoms with van der Waals surface area (Å²) in [4.78, 5) is 9.46. The number of hydrogen-bond donors (Lipinski definition) is 1. The van der Waals surface area contributed by atoms with Crippen LogP contribution in [0.5, 0.6) is 5.75 Å². The number of nitrogens with zero attached hydrogens (tertiary/aromatic N) is 7. The van der Waals surface area contributed by atoms with Crippen molar-refractivity contribution in [3.8, 4) is 5.75 Å². The average Bonchev–Trinajstić information content (AvgIpc) is 3.08. The molecule has 0 saturated carbocycles. The molecule has 5 aromatic carbocycles. The SMILES string of the molecule is C.COc1ccc(N=Nc2ccc(N=Nc3ccc(Nc4nc(Cl)nc(Cl)n4)c4c(S(=O)(=O)[O-])cccc34)c3cc(S(=O)(=O)[O-])ccc23)c(S(=O)(=O)[O-])c1.[Na+].[Na+].[Na+]. The molecule has 0 radical (unpaired) electrons. The summed E-state index contributed by atoms with van der Waals surface area (Å²) in [7, 11) is -13.8. The first-order valence-corrected chi connectivity index (χ1v) is 19.3. The van der Waals surface area contributed by atoms with E-state index < -0.39 is 45.0 Å². The van der Waals surface area contributed by atoms with Gasteiger partial charge in [0.25, 0.3) is 0 Å². The van der Waals surface area contributed by atoms with Gasteiger partial charge in [0.2, 0.25) is 16.5 Å². The van der Waals surface area contributed by atoms with E-state index in [-0.39, 0.29) is 168 Å². The maximum absolute atomic E-state index is 12.3. The molecule has 18 nitrogen and oxygen atoms in total. The molecule has 0 aliphatic carbocycles. The quantitative estimate of drug-likeness (QED) is 0.0924. The van der Waals surface area contributed by atoms with Gasteiger partial charge in [0, 0.05) is 21.5 Å². The normalized spacial score (nSPS) is 11.8. The third kappa shape index (κ3) is 11.9. The molecule has 0 bridgehead atoms. The van der Waals surface area contributed by atoms with Crippen molar-refractivity contribution < 1.29 is 132 Å². The Morgan fingerprint density at radius 1 is 0.596 bits per heavy atom. The molecule has 0 aliphatic rings.